The number of nitrogens with zero attached hydrogens (tertiary/aromatic N) is 2. The molecule has 4 amide bonds. The molecule has 3 aromatic rings. The van der Waals surface area contributed by atoms with Gasteiger partial charge in [0, 0.05) is 17.3 Å². The van der Waals surface area contributed by atoms with Gasteiger partial charge in [-0.2, -0.15) is 0 Å². The Bertz CT molecular complexity index is 1290. The van der Waals surface area contributed by atoms with Crippen LogP contribution in [0.5, 0.6) is 0 Å². The van der Waals surface area contributed by atoms with E-state index in [4.69, 9.17) is 0 Å². The highest BCUT2D eigenvalue weighted by Crippen LogP contribution is 2.30. The first kappa shape index (κ1) is 22.6. The summed E-state index contributed by atoms with van der Waals surface area (Å²) >= 11 is 0. The van der Waals surface area contributed by atoms with Crippen molar-refractivity contribution in [2.75, 3.05) is 10.2 Å². The number of anilines is 2. The molecule has 170 valence electrons. The van der Waals surface area contributed by atoms with Gasteiger partial charge in [0.1, 0.15) is 17.0 Å². The van der Waals surface area contributed by atoms with Crippen LogP contribution in [-0.4, -0.2) is 28.4 Å². The molecule has 0 unspecified atom stereocenters. The summed E-state index contributed by atoms with van der Waals surface area (Å²) in [5.74, 6) is 1.75. The van der Waals surface area contributed by atoms with Crippen molar-refractivity contribution in [1.82, 2.24) is 10.3 Å². The molecule has 2 N–H and O–H groups in total. The standard InChI is InChI=1S/C25H18F2N4O3/c1-25(23(33)29-20-9-5-6-12-28-20)15-21(32)31(24(34)30-25)22-18(26)13-17(14-19(22)27)11-10-16-7-3-2-4-8-16/h2-9,12-14H,15H2,1H3,(H,30,34)(H,28,29,33)/t25-/m0/s1. The van der Waals surface area contributed by atoms with Gasteiger partial charge in [0.05, 0.1) is 6.42 Å². The minimum absolute atomic E-state index is 0.0343. The highest BCUT2D eigenvalue weighted by Gasteiger charge is 2.47. The number of benzene rings is 2. The molecule has 0 radical (unpaired) electrons. The van der Waals surface area contributed by atoms with E-state index < -0.39 is 47.1 Å². The number of halogens is 2. The highest BCUT2D eigenvalue weighted by atomic mass is 19.1. The number of pyridine rings is 1. The van der Waals surface area contributed by atoms with Crippen LogP contribution in [-0.2, 0) is 9.59 Å². The Hall–Kier alpha value is -4.58. The van der Waals surface area contributed by atoms with Gasteiger partial charge in [0.2, 0.25) is 5.91 Å². The van der Waals surface area contributed by atoms with Gasteiger partial charge < -0.3 is 10.6 Å². The summed E-state index contributed by atoms with van der Waals surface area (Å²) in [5, 5.41) is 4.88. The molecule has 1 atom stereocenters. The van der Waals surface area contributed by atoms with Gasteiger partial charge in [0.25, 0.3) is 5.91 Å². The lowest BCUT2D eigenvalue weighted by molar-refractivity contribution is -0.128. The second-order valence-corrected chi connectivity index (χ2v) is 7.74. The first-order chi connectivity index (χ1) is 16.3. The minimum atomic E-state index is -1.64. The number of imide groups is 1. The van der Waals surface area contributed by atoms with E-state index in [1.54, 1.807) is 36.4 Å². The summed E-state index contributed by atoms with van der Waals surface area (Å²) in [6, 6.07) is 14.4. The average molecular weight is 460 g/mol. The number of hydrogen-bond acceptors (Lipinski definition) is 4. The molecule has 9 heteroatoms. The summed E-state index contributed by atoms with van der Waals surface area (Å²) in [6.07, 6.45) is 0.940. The molecule has 2 aromatic carbocycles. The van der Waals surface area contributed by atoms with Crippen molar-refractivity contribution in [2.24, 2.45) is 0 Å². The SMILES string of the molecule is C[C@@]1(C(=O)Nc2ccccn2)CC(=O)N(c2c(F)cc(C#Cc3ccccc3)cc2F)C(=O)N1. The number of amides is 4. The Morgan fingerprint density at radius 2 is 1.68 bits per heavy atom. The fourth-order valence-corrected chi connectivity index (χ4v) is 3.40. The van der Waals surface area contributed by atoms with Crippen LogP contribution in [0.15, 0.2) is 66.9 Å². The maximum Gasteiger partial charge on any atom is 0.329 e. The van der Waals surface area contributed by atoms with E-state index >= 15 is 0 Å². The Morgan fingerprint density at radius 3 is 2.29 bits per heavy atom. The van der Waals surface area contributed by atoms with Gasteiger partial charge in [-0.25, -0.2) is 23.5 Å². The number of aromatic nitrogens is 1. The van der Waals surface area contributed by atoms with E-state index in [1.165, 1.54) is 19.2 Å². The highest BCUT2D eigenvalue weighted by molar-refractivity contribution is 6.20. The molecule has 2 heterocycles. The summed E-state index contributed by atoms with van der Waals surface area (Å²) in [7, 11) is 0. The quantitative estimate of drug-likeness (QED) is 0.585. The fraction of sp³-hybridized carbons (Fsp3) is 0.120. The Kier molecular flexibility index (Phi) is 6.06. The number of urea groups is 1. The van der Waals surface area contributed by atoms with Crippen molar-refractivity contribution in [3.8, 4) is 11.8 Å². The molecule has 7 nitrogen and oxygen atoms in total. The van der Waals surface area contributed by atoms with Crippen LogP contribution in [0.25, 0.3) is 0 Å². The zero-order valence-corrected chi connectivity index (χ0v) is 17.9. The van der Waals surface area contributed by atoms with Crippen molar-refractivity contribution < 1.29 is 23.2 Å². The third-order valence-electron chi connectivity index (χ3n) is 5.11. The minimum Gasteiger partial charge on any atom is -0.323 e. The van der Waals surface area contributed by atoms with Gasteiger partial charge in [-0.15, -0.1) is 0 Å². The van der Waals surface area contributed by atoms with Crippen molar-refractivity contribution in [3.05, 3.63) is 89.6 Å². The van der Waals surface area contributed by atoms with Crippen molar-refractivity contribution in [3.63, 3.8) is 0 Å². The van der Waals surface area contributed by atoms with Crippen LogP contribution in [0.2, 0.25) is 0 Å². The Morgan fingerprint density at radius 1 is 1.03 bits per heavy atom. The molecule has 0 saturated carbocycles. The van der Waals surface area contributed by atoms with E-state index in [9.17, 15) is 23.2 Å². The third kappa shape index (κ3) is 4.61. The van der Waals surface area contributed by atoms with E-state index in [0.717, 1.165) is 12.1 Å². The molecule has 0 bridgehead atoms. The smallest absolute Gasteiger partial charge is 0.323 e. The zero-order valence-electron chi connectivity index (χ0n) is 17.9. The molecule has 1 aliphatic heterocycles. The lowest BCUT2D eigenvalue weighted by Crippen LogP contribution is -2.65. The van der Waals surface area contributed by atoms with Crippen LogP contribution >= 0.6 is 0 Å². The second-order valence-electron chi connectivity index (χ2n) is 7.74. The molecular weight excluding hydrogens is 442 g/mol. The fourth-order valence-electron chi connectivity index (χ4n) is 3.40. The molecule has 1 fully saturated rings. The number of carbonyl (C=O) groups is 3. The predicted molar refractivity (Wildman–Crippen MR) is 121 cm³/mol. The normalized spacial score (nSPS) is 17.4. The van der Waals surface area contributed by atoms with Crippen LogP contribution in [0.3, 0.4) is 0 Å². The summed E-state index contributed by atoms with van der Waals surface area (Å²) < 4.78 is 29.7. The molecular formula is C25H18F2N4O3. The van der Waals surface area contributed by atoms with Crippen LogP contribution in [0.4, 0.5) is 25.1 Å². The molecule has 0 spiro atoms. The maximum atomic E-state index is 14.8. The first-order valence-corrected chi connectivity index (χ1v) is 10.2. The number of nitrogens with one attached hydrogen (secondary N) is 2. The van der Waals surface area contributed by atoms with Gasteiger partial charge in [-0.05, 0) is 43.3 Å². The Labute approximate surface area is 193 Å². The number of rotatable bonds is 3. The van der Waals surface area contributed by atoms with E-state index in [0.29, 0.717) is 10.5 Å². The van der Waals surface area contributed by atoms with Gasteiger partial charge in [0.15, 0.2) is 11.6 Å². The topological polar surface area (TPSA) is 91.4 Å². The molecule has 4 rings (SSSR count). The monoisotopic (exact) mass is 460 g/mol. The second kappa shape index (κ2) is 9.11. The molecule has 1 saturated heterocycles. The van der Waals surface area contributed by atoms with Crippen LogP contribution in [0, 0.1) is 23.5 Å². The summed E-state index contributed by atoms with van der Waals surface area (Å²) in [6.45, 7) is 1.34. The first-order valence-electron chi connectivity index (χ1n) is 10.2. The van der Waals surface area contributed by atoms with Crippen molar-refractivity contribution in [1.29, 1.82) is 0 Å². The molecule has 1 aliphatic rings. The van der Waals surface area contributed by atoms with E-state index in [1.807, 2.05) is 6.07 Å². The van der Waals surface area contributed by atoms with Crippen LogP contribution < -0.4 is 15.5 Å². The van der Waals surface area contributed by atoms with Crippen molar-refractivity contribution in [2.45, 2.75) is 18.9 Å². The Balaban J connectivity index is 1.56. The molecule has 34 heavy (non-hydrogen) atoms. The van der Waals surface area contributed by atoms with Gasteiger partial charge in [-0.1, -0.05) is 36.1 Å². The average Bonchev–Trinajstić information content (AvgIpc) is 2.80. The molecule has 0 aliphatic carbocycles. The van der Waals surface area contributed by atoms with E-state index in [2.05, 4.69) is 27.5 Å². The predicted octanol–water partition coefficient (Wildman–Crippen LogP) is 3.60. The molecule has 1 aromatic heterocycles. The zero-order chi connectivity index (χ0) is 24.3. The summed E-state index contributed by atoms with van der Waals surface area (Å²) in [4.78, 5) is 42.5. The largest absolute Gasteiger partial charge is 0.329 e. The number of hydrogen-bond donors (Lipinski definition) is 2. The lowest BCUT2D eigenvalue weighted by Gasteiger charge is -2.37. The summed E-state index contributed by atoms with van der Waals surface area (Å²) in [5.41, 5.74) is -1.79. The lowest BCUT2D eigenvalue weighted by atomic mass is 9.93. The number of carbonyl (C=O) groups excluding carboxylic acids is 3. The van der Waals surface area contributed by atoms with Gasteiger partial charge >= 0.3 is 6.03 Å². The van der Waals surface area contributed by atoms with Gasteiger partial charge in [-0.3, -0.25) is 9.59 Å². The van der Waals surface area contributed by atoms with E-state index in [-0.39, 0.29) is 11.4 Å². The third-order valence-corrected chi connectivity index (χ3v) is 5.11. The van der Waals surface area contributed by atoms with Crippen molar-refractivity contribution >= 4 is 29.4 Å². The van der Waals surface area contributed by atoms with Crippen LogP contribution in [0.1, 0.15) is 24.5 Å². The maximum absolute atomic E-state index is 14.8.